The molecule has 0 unspecified atom stereocenters. The SMILES string of the molecule is CC(C)[C@H](NC(=O)Nc1cccc([N+](=O)[O-])c1)c1nccn1C. The van der Waals surface area contributed by atoms with E-state index in [9.17, 15) is 14.9 Å². The molecule has 0 spiro atoms. The molecule has 122 valence electrons. The molecular weight excluding hydrogens is 298 g/mol. The molecule has 2 amide bonds. The molecule has 2 aromatic rings. The number of imidazole rings is 1. The first kappa shape index (κ1) is 16.5. The average Bonchev–Trinajstić information content (AvgIpc) is 2.90. The van der Waals surface area contributed by atoms with Crippen LogP contribution in [-0.4, -0.2) is 20.5 Å². The van der Waals surface area contributed by atoms with Crippen LogP contribution in [0.5, 0.6) is 0 Å². The highest BCUT2D eigenvalue weighted by molar-refractivity contribution is 5.89. The molecule has 0 saturated heterocycles. The van der Waals surface area contributed by atoms with Crippen molar-refractivity contribution in [3.05, 3.63) is 52.6 Å². The van der Waals surface area contributed by atoms with Crippen LogP contribution in [-0.2, 0) is 7.05 Å². The Hall–Kier alpha value is -2.90. The Morgan fingerprint density at radius 2 is 2.13 bits per heavy atom. The topological polar surface area (TPSA) is 102 Å². The number of hydrogen-bond acceptors (Lipinski definition) is 4. The van der Waals surface area contributed by atoms with Crippen LogP contribution in [0.3, 0.4) is 0 Å². The molecule has 1 atom stereocenters. The number of nitro benzene ring substituents is 1. The maximum atomic E-state index is 12.2. The number of hydrogen-bond donors (Lipinski definition) is 2. The minimum absolute atomic E-state index is 0.0766. The van der Waals surface area contributed by atoms with Crippen molar-refractivity contribution in [3.8, 4) is 0 Å². The molecule has 0 aliphatic heterocycles. The predicted molar refractivity (Wildman–Crippen MR) is 86.0 cm³/mol. The van der Waals surface area contributed by atoms with Gasteiger partial charge in [-0.05, 0) is 12.0 Å². The largest absolute Gasteiger partial charge is 0.336 e. The zero-order valence-electron chi connectivity index (χ0n) is 13.2. The zero-order chi connectivity index (χ0) is 17.0. The number of nitro groups is 1. The number of rotatable bonds is 5. The second-order valence-corrected chi connectivity index (χ2v) is 5.52. The fourth-order valence-electron chi connectivity index (χ4n) is 2.21. The lowest BCUT2D eigenvalue weighted by molar-refractivity contribution is -0.384. The molecule has 0 radical (unpaired) electrons. The number of carbonyl (C=O) groups is 1. The molecule has 8 heteroatoms. The number of aryl methyl sites for hydroxylation is 1. The second-order valence-electron chi connectivity index (χ2n) is 5.52. The first-order chi connectivity index (χ1) is 10.9. The van der Waals surface area contributed by atoms with Crippen molar-refractivity contribution >= 4 is 17.4 Å². The summed E-state index contributed by atoms with van der Waals surface area (Å²) in [6.45, 7) is 3.96. The first-order valence-electron chi connectivity index (χ1n) is 7.17. The van der Waals surface area contributed by atoms with Crippen LogP contribution in [0.15, 0.2) is 36.7 Å². The van der Waals surface area contributed by atoms with Crippen molar-refractivity contribution in [2.24, 2.45) is 13.0 Å². The summed E-state index contributed by atoms with van der Waals surface area (Å²) in [4.78, 5) is 26.7. The molecule has 0 saturated carbocycles. The average molecular weight is 317 g/mol. The molecule has 0 aliphatic carbocycles. The summed E-state index contributed by atoms with van der Waals surface area (Å²) in [5, 5.41) is 16.2. The number of carbonyl (C=O) groups excluding carboxylic acids is 1. The number of aromatic nitrogens is 2. The van der Waals surface area contributed by atoms with Gasteiger partial charge < -0.3 is 15.2 Å². The van der Waals surface area contributed by atoms with Gasteiger partial charge in [-0.2, -0.15) is 0 Å². The lowest BCUT2D eigenvalue weighted by Gasteiger charge is -2.22. The third kappa shape index (κ3) is 4.06. The maximum Gasteiger partial charge on any atom is 0.319 e. The molecule has 1 aromatic heterocycles. The second kappa shape index (κ2) is 6.91. The van der Waals surface area contributed by atoms with E-state index in [1.165, 1.54) is 18.2 Å². The van der Waals surface area contributed by atoms with E-state index in [0.717, 1.165) is 5.82 Å². The maximum absolute atomic E-state index is 12.2. The van der Waals surface area contributed by atoms with Gasteiger partial charge in [0.1, 0.15) is 5.82 Å². The van der Waals surface area contributed by atoms with Crippen molar-refractivity contribution in [1.82, 2.24) is 14.9 Å². The number of non-ortho nitro benzene ring substituents is 1. The van der Waals surface area contributed by atoms with E-state index >= 15 is 0 Å². The normalized spacial score (nSPS) is 12.0. The van der Waals surface area contributed by atoms with Gasteiger partial charge in [-0.25, -0.2) is 9.78 Å². The van der Waals surface area contributed by atoms with E-state index in [1.807, 2.05) is 31.7 Å². The summed E-state index contributed by atoms with van der Waals surface area (Å²) in [5.74, 6) is 0.876. The summed E-state index contributed by atoms with van der Waals surface area (Å²) < 4.78 is 1.85. The van der Waals surface area contributed by atoms with E-state index in [1.54, 1.807) is 12.3 Å². The Balaban J connectivity index is 2.10. The van der Waals surface area contributed by atoms with Crippen LogP contribution >= 0.6 is 0 Å². The number of amides is 2. The molecule has 2 rings (SSSR count). The quantitative estimate of drug-likeness (QED) is 0.654. The Bertz CT molecular complexity index is 711. The lowest BCUT2D eigenvalue weighted by Crippen LogP contribution is -2.36. The van der Waals surface area contributed by atoms with Gasteiger partial charge in [0.2, 0.25) is 0 Å². The fourth-order valence-corrected chi connectivity index (χ4v) is 2.21. The summed E-state index contributed by atoms with van der Waals surface area (Å²) in [6, 6.07) is 5.09. The highest BCUT2D eigenvalue weighted by Crippen LogP contribution is 2.21. The van der Waals surface area contributed by atoms with Gasteiger partial charge in [-0.1, -0.05) is 19.9 Å². The molecule has 1 aromatic carbocycles. The molecule has 0 aliphatic rings. The summed E-state index contributed by atoms with van der Waals surface area (Å²) in [7, 11) is 1.86. The first-order valence-corrected chi connectivity index (χ1v) is 7.17. The van der Waals surface area contributed by atoms with E-state index in [-0.39, 0.29) is 17.6 Å². The van der Waals surface area contributed by atoms with Crippen molar-refractivity contribution in [2.75, 3.05) is 5.32 Å². The van der Waals surface area contributed by atoms with Crippen LogP contribution in [0.25, 0.3) is 0 Å². The van der Waals surface area contributed by atoms with Gasteiger partial charge >= 0.3 is 6.03 Å². The molecule has 8 nitrogen and oxygen atoms in total. The number of anilines is 1. The molecule has 0 fully saturated rings. The number of benzene rings is 1. The Morgan fingerprint density at radius 1 is 1.39 bits per heavy atom. The van der Waals surface area contributed by atoms with E-state index in [4.69, 9.17) is 0 Å². The minimum Gasteiger partial charge on any atom is -0.336 e. The molecule has 23 heavy (non-hydrogen) atoms. The van der Waals surface area contributed by atoms with Gasteiger partial charge in [0.25, 0.3) is 5.69 Å². The standard InChI is InChI=1S/C15H19N5O3/c1-10(2)13(14-16-7-8-19(14)3)18-15(21)17-11-5-4-6-12(9-11)20(22)23/h4-10,13H,1-3H3,(H2,17,18,21)/t13-/m0/s1. The number of urea groups is 1. The Kier molecular flexibility index (Phi) is 4.95. The van der Waals surface area contributed by atoms with Gasteiger partial charge in [-0.3, -0.25) is 10.1 Å². The van der Waals surface area contributed by atoms with Crippen LogP contribution in [0.2, 0.25) is 0 Å². The minimum atomic E-state index is -0.506. The van der Waals surface area contributed by atoms with E-state index < -0.39 is 11.0 Å². The van der Waals surface area contributed by atoms with Crippen LogP contribution in [0.4, 0.5) is 16.2 Å². The third-order valence-electron chi connectivity index (χ3n) is 3.40. The summed E-state index contributed by atoms with van der Waals surface area (Å²) in [6.07, 6.45) is 3.48. The number of nitrogens with one attached hydrogen (secondary N) is 2. The number of nitrogens with zero attached hydrogens (tertiary/aromatic N) is 3. The predicted octanol–water partition coefficient (Wildman–Crippen LogP) is 2.85. The Labute approximate surface area is 133 Å². The van der Waals surface area contributed by atoms with Gasteiger partial charge in [-0.15, -0.1) is 0 Å². The van der Waals surface area contributed by atoms with Crippen molar-refractivity contribution in [2.45, 2.75) is 19.9 Å². The molecule has 0 bridgehead atoms. The molecular formula is C15H19N5O3. The van der Waals surface area contributed by atoms with Crippen LogP contribution in [0, 0.1) is 16.0 Å². The highest BCUT2D eigenvalue weighted by Gasteiger charge is 2.22. The molecule has 2 N–H and O–H groups in total. The van der Waals surface area contributed by atoms with Gasteiger partial charge in [0.15, 0.2) is 0 Å². The van der Waals surface area contributed by atoms with E-state index in [2.05, 4.69) is 15.6 Å². The monoisotopic (exact) mass is 317 g/mol. The smallest absolute Gasteiger partial charge is 0.319 e. The Morgan fingerprint density at radius 3 is 2.70 bits per heavy atom. The van der Waals surface area contributed by atoms with Crippen LogP contribution in [0.1, 0.15) is 25.7 Å². The fraction of sp³-hybridized carbons (Fsp3) is 0.333. The van der Waals surface area contributed by atoms with Gasteiger partial charge in [0.05, 0.1) is 11.0 Å². The van der Waals surface area contributed by atoms with Gasteiger partial charge in [0, 0.05) is 37.3 Å². The lowest BCUT2D eigenvalue weighted by atomic mass is 10.0. The van der Waals surface area contributed by atoms with Crippen molar-refractivity contribution in [3.63, 3.8) is 0 Å². The van der Waals surface area contributed by atoms with E-state index in [0.29, 0.717) is 5.69 Å². The third-order valence-corrected chi connectivity index (χ3v) is 3.40. The van der Waals surface area contributed by atoms with Crippen LogP contribution < -0.4 is 10.6 Å². The highest BCUT2D eigenvalue weighted by atomic mass is 16.6. The zero-order valence-corrected chi connectivity index (χ0v) is 13.2. The molecule has 1 heterocycles. The van der Waals surface area contributed by atoms with Crippen molar-refractivity contribution < 1.29 is 9.72 Å². The summed E-state index contributed by atoms with van der Waals surface area (Å²) in [5.41, 5.74) is 0.284. The summed E-state index contributed by atoms with van der Waals surface area (Å²) >= 11 is 0. The van der Waals surface area contributed by atoms with Crippen molar-refractivity contribution in [1.29, 1.82) is 0 Å².